The summed E-state index contributed by atoms with van der Waals surface area (Å²) in [5, 5.41) is 0. The van der Waals surface area contributed by atoms with E-state index in [1.54, 1.807) is 17.8 Å². The van der Waals surface area contributed by atoms with Crippen LogP contribution in [0.15, 0.2) is 18.2 Å². The normalized spacial score (nSPS) is 11.8. The molecule has 0 aliphatic carbocycles. The van der Waals surface area contributed by atoms with E-state index in [0.717, 1.165) is 5.56 Å². The van der Waals surface area contributed by atoms with Gasteiger partial charge in [0.25, 0.3) is 0 Å². The lowest BCUT2D eigenvalue weighted by atomic mass is 10.1. The first kappa shape index (κ1) is 12.5. The van der Waals surface area contributed by atoms with Gasteiger partial charge in [0.1, 0.15) is 5.82 Å². The van der Waals surface area contributed by atoms with Crippen LogP contribution in [0, 0.1) is 5.82 Å². The Bertz CT molecular complexity index is 331. The molecule has 1 aromatic carbocycles. The SMILES string of the molecule is CC(C)(C)SCc1cccc(CN)c1F. The number of hydrogen-bond acceptors (Lipinski definition) is 2. The van der Waals surface area contributed by atoms with Crippen LogP contribution in [-0.4, -0.2) is 4.75 Å². The first-order chi connectivity index (χ1) is 6.94. The highest BCUT2D eigenvalue weighted by atomic mass is 32.2. The third kappa shape index (κ3) is 3.84. The van der Waals surface area contributed by atoms with Crippen LogP contribution in [0.1, 0.15) is 31.9 Å². The van der Waals surface area contributed by atoms with Crippen LogP contribution in [0.5, 0.6) is 0 Å². The number of rotatable bonds is 3. The van der Waals surface area contributed by atoms with E-state index < -0.39 is 0 Å². The van der Waals surface area contributed by atoms with Crippen molar-refractivity contribution in [2.75, 3.05) is 0 Å². The number of halogens is 1. The minimum atomic E-state index is -0.142. The molecule has 15 heavy (non-hydrogen) atoms. The Hall–Kier alpha value is -0.540. The molecule has 0 spiro atoms. The summed E-state index contributed by atoms with van der Waals surface area (Å²) in [6.07, 6.45) is 0. The third-order valence-electron chi connectivity index (χ3n) is 2.04. The largest absolute Gasteiger partial charge is 0.326 e. The van der Waals surface area contributed by atoms with E-state index in [0.29, 0.717) is 11.3 Å². The summed E-state index contributed by atoms with van der Waals surface area (Å²) in [7, 11) is 0. The molecule has 1 nitrogen and oxygen atoms in total. The Labute approximate surface area is 95.2 Å². The summed E-state index contributed by atoms with van der Waals surface area (Å²) in [5.41, 5.74) is 6.80. The summed E-state index contributed by atoms with van der Waals surface area (Å²) in [4.78, 5) is 0. The van der Waals surface area contributed by atoms with Gasteiger partial charge in [-0.3, -0.25) is 0 Å². The maximum absolute atomic E-state index is 13.8. The standard InChI is InChI=1S/C12H18FNS/c1-12(2,3)15-8-10-6-4-5-9(7-14)11(10)13/h4-6H,7-8,14H2,1-3H3. The molecule has 0 atom stereocenters. The minimum Gasteiger partial charge on any atom is -0.326 e. The van der Waals surface area contributed by atoms with Gasteiger partial charge < -0.3 is 5.73 Å². The number of benzene rings is 1. The van der Waals surface area contributed by atoms with Crippen LogP contribution in [0.3, 0.4) is 0 Å². The predicted molar refractivity (Wildman–Crippen MR) is 65.3 cm³/mol. The Kier molecular flexibility index (Phi) is 4.17. The first-order valence-electron chi connectivity index (χ1n) is 5.04. The van der Waals surface area contributed by atoms with E-state index in [1.165, 1.54) is 0 Å². The second-order valence-corrected chi connectivity index (χ2v) is 6.30. The van der Waals surface area contributed by atoms with Crippen molar-refractivity contribution in [2.45, 2.75) is 37.8 Å². The Morgan fingerprint density at radius 3 is 2.40 bits per heavy atom. The lowest BCUT2D eigenvalue weighted by Crippen LogP contribution is -2.09. The smallest absolute Gasteiger partial charge is 0.131 e. The molecular weight excluding hydrogens is 209 g/mol. The van der Waals surface area contributed by atoms with Gasteiger partial charge in [0.15, 0.2) is 0 Å². The van der Waals surface area contributed by atoms with Crippen LogP contribution in [0.25, 0.3) is 0 Å². The second kappa shape index (κ2) is 4.99. The lowest BCUT2D eigenvalue weighted by molar-refractivity contribution is 0.600. The fourth-order valence-corrected chi connectivity index (χ4v) is 2.01. The van der Waals surface area contributed by atoms with Gasteiger partial charge in [-0.15, -0.1) is 0 Å². The maximum Gasteiger partial charge on any atom is 0.131 e. The van der Waals surface area contributed by atoms with Crippen molar-refractivity contribution < 1.29 is 4.39 Å². The molecule has 0 saturated heterocycles. The summed E-state index contributed by atoms with van der Waals surface area (Å²) in [6, 6.07) is 5.43. The monoisotopic (exact) mass is 227 g/mol. The maximum atomic E-state index is 13.8. The average Bonchev–Trinajstić information content (AvgIpc) is 2.15. The van der Waals surface area contributed by atoms with Crippen LogP contribution in [-0.2, 0) is 12.3 Å². The quantitative estimate of drug-likeness (QED) is 0.857. The summed E-state index contributed by atoms with van der Waals surface area (Å²) < 4.78 is 13.9. The van der Waals surface area contributed by atoms with Gasteiger partial charge in [0, 0.05) is 22.6 Å². The van der Waals surface area contributed by atoms with Crippen molar-refractivity contribution in [3.05, 3.63) is 35.1 Å². The Morgan fingerprint density at radius 2 is 1.87 bits per heavy atom. The number of thioether (sulfide) groups is 1. The van der Waals surface area contributed by atoms with E-state index in [2.05, 4.69) is 20.8 Å². The molecular formula is C12H18FNS. The van der Waals surface area contributed by atoms with Gasteiger partial charge in [-0.1, -0.05) is 39.0 Å². The topological polar surface area (TPSA) is 26.0 Å². The molecule has 0 unspecified atom stereocenters. The fourth-order valence-electron chi connectivity index (χ4n) is 1.20. The molecule has 0 amide bonds. The molecule has 0 fully saturated rings. The molecule has 1 rings (SSSR count). The van der Waals surface area contributed by atoms with Crippen molar-refractivity contribution in [2.24, 2.45) is 5.73 Å². The zero-order chi connectivity index (χ0) is 11.5. The van der Waals surface area contributed by atoms with Gasteiger partial charge >= 0.3 is 0 Å². The van der Waals surface area contributed by atoms with E-state index >= 15 is 0 Å². The minimum absolute atomic E-state index is 0.142. The number of nitrogens with two attached hydrogens (primary N) is 1. The van der Waals surface area contributed by atoms with Crippen molar-refractivity contribution >= 4 is 11.8 Å². The summed E-state index contributed by atoms with van der Waals surface area (Å²) in [6.45, 7) is 6.65. The third-order valence-corrected chi connectivity index (χ3v) is 3.36. The van der Waals surface area contributed by atoms with Crippen molar-refractivity contribution in [3.63, 3.8) is 0 Å². The average molecular weight is 227 g/mol. The van der Waals surface area contributed by atoms with E-state index in [1.807, 2.05) is 12.1 Å². The molecule has 0 aliphatic heterocycles. The molecule has 84 valence electrons. The van der Waals surface area contributed by atoms with Gasteiger partial charge in [-0.05, 0) is 5.56 Å². The molecule has 0 radical (unpaired) electrons. The van der Waals surface area contributed by atoms with Crippen LogP contribution >= 0.6 is 11.8 Å². The molecule has 0 saturated carbocycles. The molecule has 1 aromatic rings. The summed E-state index contributed by atoms with van der Waals surface area (Å²) in [5.74, 6) is 0.556. The summed E-state index contributed by atoms with van der Waals surface area (Å²) >= 11 is 1.74. The highest BCUT2D eigenvalue weighted by Gasteiger charge is 2.13. The Balaban J connectivity index is 2.78. The van der Waals surface area contributed by atoms with E-state index in [4.69, 9.17) is 5.73 Å². The second-order valence-electron chi connectivity index (χ2n) is 4.50. The zero-order valence-corrected chi connectivity index (χ0v) is 10.3. The van der Waals surface area contributed by atoms with Crippen molar-refractivity contribution in [1.82, 2.24) is 0 Å². The molecule has 2 N–H and O–H groups in total. The first-order valence-corrected chi connectivity index (χ1v) is 6.03. The van der Waals surface area contributed by atoms with Crippen molar-refractivity contribution in [3.8, 4) is 0 Å². The highest BCUT2D eigenvalue weighted by molar-refractivity contribution is 7.99. The number of hydrogen-bond donors (Lipinski definition) is 1. The molecule has 0 bridgehead atoms. The predicted octanol–water partition coefficient (Wildman–Crippen LogP) is 3.32. The molecule has 0 aromatic heterocycles. The van der Waals surface area contributed by atoms with Gasteiger partial charge in [-0.25, -0.2) is 4.39 Å². The van der Waals surface area contributed by atoms with Crippen molar-refractivity contribution in [1.29, 1.82) is 0 Å². The van der Waals surface area contributed by atoms with Gasteiger partial charge in [-0.2, -0.15) is 11.8 Å². The molecule has 3 heteroatoms. The van der Waals surface area contributed by atoms with Crippen LogP contribution < -0.4 is 5.73 Å². The van der Waals surface area contributed by atoms with E-state index in [-0.39, 0.29) is 17.1 Å². The fraction of sp³-hybridized carbons (Fsp3) is 0.500. The molecule has 0 aliphatic rings. The van der Waals surface area contributed by atoms with Gasteiger partial charge in [0.05, 0.1) is 0 Å². The van der Waals surface area contributed by atoms with E-state index in [9.17, 15) is 4.39 Å². The lowest BCUT2D eigenvalue weighted by Gasteiger charge is -2.18. The molecule has 0 heterocycles. The highest BCUT2D eigenvalue weighted by Crippen LogP contribution is 2.28. The zero-order valence-electron chi connectivity index (χ0n) is 9.51. The van der Waals surface area contributed by atoms with Crippen LogP contribution in [0.4, 0.5) is 4.39 Å². The Morgan fingerprint density at radius 1 is 1.27 bits per heavy atom. The van der Waals surface area contributed by atoms with Crippen LogP contribution in [0.2, 0.25) is 0 Å². The van der Waals surface area contributed by atoms with Gasteiger partial charge in [0.2, 0.25) is 0 Å².